The van der Waals surface area contributed by atoms with Crippen LogP contribution in [-0.4, -0.2) is 20.8 Å². The molecule has 0 saturated carbocycles. The molecule has 10 heteroatoms. The molecule has 1 amide bonds. The summed E-state index contributed by atoms with van der Waals surface area (Å²) in [5.41, 5.74) is 1.50. The highest BCUT2D eigenvalue weighted by Gasteiger charge is 2.22. The lowest BCUT2D eigenvalue weighted by atomic mass is 10.2. The van der Waals surface area contributed by atoms with Crippen LogP contribution in [0.25, 0.3) is 0 Å². The zero-order valence-electron chi connectivity index (χ0n) is 16.8. The Bertz CT molecular complexity index is 1240. The van der Waals surface area contributed by atoms with E-state index in [1.165, 1.54) is 12.1 Å². The van der Waals surface area contributed by atoms with Crippen LogP contribution >= 0.6 is 27.5 Å². The Hall–Kier alpha value is -3.17. The average Bonchev–Trinajstić information content (AvgIpc) is 3.31. The molecule has 0 aliphatic rings. The van der Waals surface area contributed by atoms with Crippen LogP contribution in [0.1, 0.15) is 27.4 Å². The first-order chi connectivity index (χ1) is 15.4. The molecule has 0 unspecified atom stereocenters. The normalized spacial score (nSPS) is 10.9. The van der Waals surface area contributed by atoms with Gasteiger partial charge in [-0.1, -0.05) is 28.9 Å². The molecule has 2 aromatic heterocycles. The first kappa shape index (κ1) is 22.0. The summed E-state index contributed by atoms with van der Waals surface area (Å²) in [5, 5.41) is 11.6. The van der Waals surface area contributed by atoms with Crippen molar-refractivity contribution in [2.75, 3.05) is 5.32 Å². The molecule has 4 aromatic rings. The maximum atomic E-state index is 13.1. The number of amides is 1. The number of ether oxygens (including phenoxy) is 1. The maximum absolute atomic E-state index is 13.1. The lowest BCUT2D eigenvalue weighted by Gasteiger charge is -2.07. The Morgan fingerprint density at radius 2 is 1.94 bits per heavy atom. The van der Waals surface area contributed by atoms with Crippen LogP contribution in [0.15, 0.2) is 63.7 Å². The van der Waals surface area contributed by atoms with E-state index in [1.54, 1.807) is 54.2 Å². The van der Waals surface area contributed by atoms with Gasteiger partial charge < -0.3 is 14.6 Å². The second kappa shape index (κ2) is 9.54. The number of carbonyl (C=O) groups excluding carboxylic acids is 1. The van der Waals surface area contributed by atoms with Crippen molar-refractivity contribution in [2.45, 2.75) is 20.1 Å². The van der Waals surface area contributed by atoms with Gasteiger partial charge in [-0.3, -0.25) is 9.48 Å². The average molecular weight is 520 g/mol. The smallest absolute Gasteiger partial charge is 0.279 e. The Morgan fingerprint density at radius 1 is 1.22 bits per heavy atom. The van der Waals surface area contributed by atoms with Gasteiger partial charge in [-0.2, -0.15) is 5.10 Å². The van der Waals surface area contributed by atoms with Crippen molar-refractivity contribution >= 4 is 39.3 Å². The molecule has 0 radical (unpaired) electrons. The van der Waals surface area contributed by atoms with Gasteiger partial charge in [0.1, 0.15) is 23.9 Å². The number of carbonyl (C=O) groups is 1. The first-order valence-corrected chi connectivity index (χ1v) is 10.7. The van der Waals surface area contributed by atoms with Gasteiger partial charge in [0.2, 0.25) is 0 Å². The molecule has 2 aromatic carbocycles. The van der Waals surface area contributed by atoms with Gasteiger partial charge >= 0.3 is 0 Å². The van der Waals surface area contributed by atoms with Crippen molar-refractivity contribution < 1.29 is 18.4 Å². The number of hydrogen-bond acceptors (Lipinski definition) is 5. The van der Waals surface area contributed by atoms with Crippen LogP contribution in [0.3, 0.4) is 0 Å². The molecule has 0 spiro atoms. The van der Waals surface area contributed by atoms with Crippen LogP contribution in [0.4, 0.5) is 10.2 Å². The summed E-state index contributed by atoms with van der Waals surface area (Å²) in [6.07, 6.45) is 1.72. The third-order valence-electron chi connectivity index (χ3n) is 4.60. The summed E-state index contributed by atoms with van der Waals surface area (Å²) in [7, 11) is 0. The van der Waals surface area contributed by atoms with Gasteiger partial charge in [-0.25, -0.2) is 4.39 Å². The molecule has 0 aliphatic heterocycles. The molecule has 0 bridgehead atoms. The van der Waals surface area contributed by atoms with Crippen molar-refractivity contribution in [1.29, 1.82) is 0 Å². The van der Waals surface area contributed by atoms with Crippen LogP contribution in [0, 0.1) is 12.7 Å². The SMILES string of the molecule is Cc1onc(C(=O)Nc2nn(Cc3ccc(F)cc3)cc2Br)c1COc1ccc(Cl)cc1. The summed E-state index contributed by atoms with van der Waals surface area (Å²) in [6, 6.07) is 13.0. The number of nitrogens with one attached hydrogen (secondary N) is 1. The largest absolute Gasteiger partial charge is 0.489 e. The van der Waals surface area contributed by atoms with E-state index in [2.05, 4.69) is 31.5 Å². The third kappa shape index (κ3) is 5.17. The first-order valence-electron chi connectivity index (χ1n) is 9.51. The molecule has 164 valence electrons. The number of halogens is 3. The minimum absolute atomic E-state index is 0.0971. The summed E-state index contributed by atoms with van der Waals surface area (Å²) in [5.74, 6) is 0.613. The zero-order chi connectivity index (χ0) is 22.7. The Kier molecular flexibility index (Phi) is 6.57. The van der Waals surface area contributed by atoms with Gasteiger partial charge in [0, 0.05) is 11.2 Å². The van der Waals surface area contributed by atoms with E-state index in [9.17, 15) is 9.18 Å². The fourth-order valence-electron chi connectivity index (χ4n) is 2.93. The molecule has 4 rings (SSSR count). The van der Waals surface area contributed by atoms with Crippen LogP contribution in [0.2, 0.25) is 5.02 Å². The molecular formula is C22H17BrClFN4O3. The molecule has 7 nitrogen and oxygen atoms in total. The second-order valence-corrected chi connectivity index (χ2v) is 8.20. The lowest BCUT2D eigenvalue weighted by molar-refractivity contribution is 0.101. The number of nitrogens with zero attached hydrogens (tertiary/aromatic N) is 3. The van der Waals surface area contributed by atoms with E-state index < -0.39 is 5.91 Å². The molecule has 0 saturated heterocycles. The van der Waals surface area contributed by atoms with Gasteiger partial charge in [0.05, 0.1) is 16.6 Å². The molecule has 2 heterocycles. The van der Waals surface area contributed by atoms with Gasteiger partial charge in [0.15, 0.2) is 11.5 Å². The number of hydrogen-bond donors (Lipinski definition) is 1. The monoisotopic (exact) mass is 518 g/mol. The zero-order valence-corrected chi connectivity index (χ0v) is 19.2. The number of benzene rings is 2. The van der Waals surface area contributed by atoms with Crippen molar-refractivity contribution in [3.63, 3.8) is 0 Å². The quantitative estimate of drug-likeness (QED) is 0.343. The minimum Gasteiger partial charge on any atom is -0.489 e. The highest BCUT2D eigenvalue weighted by atomic mass is 79.9. The Labute approximate surface area is 196 Å². The van der Waals surface area contributed by atoms with Crippen molar-refractivity contribution in [3.8, 4) is 5.75 Å². The number of aryl methyl sites for hydroxylation is 1. The molecule has 1 N–H and O–H groups in total. The van der Waals surface area contributed by atoms with Crippen LogP contribution in [0.5, 0.6) is 5.75 Å². The predicted molar refractivity (Wildman–Crippen MR) is 120 cm³/mol. The molecule has 0 fully saturated rings. The maximum Gasteiger partial charge on any atom is 0.279 e. The van der Waals surface area contributed by atoms with E-state index in [4.69, 9.17) is 20.9 Å². The Morgan fingerprint density at radius 3 is 2.66 bits per heavy atom. The molecule has 0 aliphatic carbocycles. The van der Waals surface area contributed by atoms with Gasteiger partial charge in [0.25, 0.3) is 5.91 Å². The lowest BCUT2D eigenvalue weighted by Crippen LogP contribution is -2.16. The van der Waals surface area contributed by atoms with Gasteiger partial charge in [-0.05, 0) is 64.8 Å². The minimum atomic E-state index is -0.482. The van der Waals surface area contributed by atoms with E-state index >= 15 is 0 Å². The summed E-state index contributed by atoms with van der Waals surface area (Å²) < 4.78 is 26.3. The summed E-state index contributed by atoms with van der Waals surface area (Å²) in [4.78, 5) is 12.8. The molecule has 32 heavy (non-hydrogen) atoms. The number of aromatic nitrogens is 3. The van der Waals surface area contributed by atoms with E-state index in [-0.39, 0.29) is 18.1 Å². The fourth-order valence-corrected chi connectivity index (χ4v) is 3.47. The highest BCUT2D eigenvalue weighted by molar-refractivity contribution is 9.10. The van der Waals surface area contributed by atoms with Crippen molar-refractivity contribution in [3.05, 3.63) is 92.6 Å². The van der Waals surface area contributed by atoms with Crippen LogP contribution < -0.4 is 10.1 Å². The van der Waals surface area contributed by atoms with Gasteiger partial charge in [-0.15, -0.1) is 0 Å². The molecular weight excluding hydrogens is 503 g/mol. The number of rotatable bonds is 7. The number of anilines is 1. The summed E-state index contributed by atoms with van der Waals surface area (Å²) in [6.45, 7) is 2.22. The van der Waals surface area contributed by atoms with E-state index in [0.29, 0.717) is 38.9 Å². The standard InChI is InChI=1S/C22H17BrClFN4O3/c1-13-18(12-31-17-8-4-15(24)5-9-17)20(28-32-13)22(30)26-21-19(23)11-29(27-21)10-14-2-6-16(25)7-3-14/h2-9,11H,10,12H2,1H3,(H,26,27,30). The van der Waals surface area contributed by atoms with E-state index in [0.717, 1.165) is 5.56 Å². The second-order valence-electron chi connectivity index (χ2n) is 6.91. The predicted octanol–water partition coefficient (Wildman–Crippen LogP) is 5.61. The fraction of sp³-hybridized carbons (Fsp3) is 0.136. The van der Waals surface area contributed by atoms with Crippen molar-refractivity contribution in [1.82, 2.24) is 14.9 Å². The topological polar surface area (TPSA) is 82.2 Å². The molecule has 0 atom stereocenters. The highest BCUT2D eigenvalue weighted by Crippen LogP contribution is 2.24. The van der Waals surface area contributed by atoms with E-state index in [1.807, 2.05) is 0 Å². The van der Waals surface area contributed by atoms with Crippen LogP contribution in [-0.2, 0) is 13.2 Å². The van der Waals surface area contributed by atoms with Crippen molar-refractivity contribution in [2.24, 2.45) is 0 Å². The third-order valence-corrected chi connectivity index (χ3v) is 5.44. The summed E-state index contributed by atoms with van der Waals surface area (Å²) >= 11 is 9.28. The Balaban J connectivity index is 1.45.